The van der Waals surface area contributed by atoms with Crippen molar-refractivity contribution in [2.45, 2.75) is 101 Å². The number of hydrogen-bond donors (Lipinski definition) is 2. The number of fused-ring (bicyclic) bond motifs is 2. The molecule has 5 heteroatoms. The maximum absolute atomic E-state index is 13.6. The Hall–Kier alpha value is -0.320. The molecule has 2 aliphatic heterocycles. The molecule has 4 aliphatic rings. The van der Waals surface area contributed by atoms with E-state index >= 15 is 0 Å². The van der Waals surface area contributed by atoms with Crippen molar-refractivity contribution in [3.05, 3.63) is 0 Å². The maximum Gasteiger partial charge on any atom is 0.225 e. The third-order valence-electron chi connectivity index (χ3n) is 9.01. The second-order valence-corrected chi connectivity index (χ2v) is 11.2. The highest BCUT2D eigenvalue weighted by Gasteiger charge is 2.51. The van der Waals surface area contributed by atoms with Crippen LogP contribution in [0.2, 0.25) is 0 Å². The van der Waals surface area contributed by atoms with Gasteiger partial charge in [-0.2, -0.15) is 0 Å². The molecule has 0 aromatic carbocycles. The van der Waals surface area contributed by atoms with Crippen LogP contribution >= 0.6 is 11.6 Å². The summed E-state index contributed by atoms with van der Waals surface area (Å²) < 4.78 is 0. The number of nitrogens with zero attached hydrogens (tertiary/aromatic N) is 1. The van der Waals surface area contributed by atoms with Crippen LogP contribution in [0.25, 0.3) is 0 Å². The van der Waals surface area contributed by atoms with Crippen LogP contribution < -0.4 is 11.1 Å². The van der Waals surface area contributed by atoms with Gasteiger partial charge in [-0.1, -0.05) is 13.8 Å². The zero-order valence-electron chi connectivity index (χ0n) is 17.9. The van der Waals surface area contributed by atoms with E-state index in [4.69, 9.17) is 17.3 Å². The van der Waals surface area contributed by atoms with E-state index in [-0.39, 0.29) is 23.9 Å². The highest BCUT2D eigenvalue weighted by atomic mass is 35.5. The van der Waals surface area contributed by atoms with Crippen LogP contribution in [0.3, 0.4) is 0 Å². The van der Waals surface area contributed by atoms with E-state index in [1.165, 1.54) is 32.1 Å². The number of piperidine rings is 1. The van der Waals surface area contributed by atoms with E-state index in [2.05, 4.69) is 31.1 Å². The fourth-order valence-electron chi connectivity index (χ4n) is 6.94. The van der Waals surface area contributed by atoms with Crippen LogP contribution in [-0.2, 0) is 4.79 Å². The molecule has 160 valence electrons. The molecule has 4 rings (SSSR count). The van der Waals surface area contributed by atoms with Crippen molar-refractivity contribution in [3.8, 4) is 0 Å². The van der Waals surface area contributed by atoms with Gasteiger partial charge in [-0.15, -0.1) is 11.6 Å². The van der Waals surface area contributed by atoms with Crippen LogP contribution in [0.15, 0.2) is 0 Å². The lowest BCUT2D eigenvalue weighted by atomic mass is 9.67. The van der Waals surface area contributed by atoms with Crippen molar-refractivity contribution in [2.24, 2.45) is 35.3 Å². The minimum atomic E-state index is 0.0953. The molecule has 4 fully saturated rings. The molecule has 2 saturated heterocycles. The Morgan fingerprint density at radius 1 is 1.00 bits per heavy atom. The maximum atomic E-state index is 13.6. The number of carbonyl (C=O) groups is 1. The lowest BCUT2D eigenvalue weighted by Gasteiger charge is -2.47. The number of alkyl halides is 1. The van der Waals surface area contributed by atoms with Gasteiger partial charge in [0.15, 0.2) is 0 Å². The molecule has 8 atom stereocenters. The Morgan fingerprint density at radius 2 is 1.68 bits per heavy atom. The number of rotatable bonds is 3. The third kappa shape index (κ3) is 3.98. The molecule has 2 saturated carbocycles. The lowest BCUT2D eigenvalue weighted by Crippen LogP contribution is -2.59. The Bertz CT molecular complexity index is 564. The first-order valence-corrected chi connectivity index (χ1v) is 12.2. The molecule has 3 N–H and O–H groups in total. The van der Waals surface area contributed by atoms with Crippen LogP contribution in [0.5, 0.6) is 0 Å². The van der Waals surface area contributed by atoms with E-state index in [0.29, 0.717) is 41.1 Å². The molecule has 0 radical (unpaired) electrons. The minimum Gasteiger partial charge on any atom is -0.352 e. The molecule has 0 aromatic heterocycles. The van der Waals surface area contributed by atoms with Crippen molar-refractivity contribution in [1.29, 1.82) is 0 Å². The first-order valence-electron chi connectivity index (χ1n) is 11.8. The second-order valence-electron chi connectivity index (χ2n) is 10.6. The summed E-state index contributed by atoms with van der Waals surface area (Å²) in [6.45, 7) is 4.60. The van der Waals surface area contributed by atoms with Gasteiger partial charge in [0.2, 0.25) is 5.91 Å². The first kappa shape index (κ1) is 20.9. The summed E-state index contributed by atoms with van der Waals surface area (Å²) in [6, 6.07) is 1.32. The van der Waals surface area contributed by atoms with Gasteiger partial charge in [0.25, 0.3) is 0 Å². The molecule has 0 aromatic rings. The third-order valence-corrected chi connectivity index (χ3v) is 9.45. The Labute approximate surface area is 176 Å². The van der Waals surface area contributed by atoms with Gasteiger partial charge in [0.05, 0.1) is 5.92 Å². The van der Waals surface area contributed by atoms with E-state index in [1.54, 1.807) is 0 Å². The van der Waals surface area contributed by atoms with Crippen molar-refractivity contribution in [1.82, 2.24) is 10.2 Å². The molecule has 2 bridgehead atoms. The summed E-state index contributed by atoms with van der Waals surface area (Å²) in [5.41, 5.74) is 6.47. The van der Waals surface area contributed by atoms with Crippen molar-refractivity contribution in [3.63, 3.8) is 0 Å². The molecule has 6 unspecified atom stereocenters. The number of hydrogen-bond acceptors (Lipinski definition) is 3. The smallest absolute Gasteiger partial charge is 0.225 e. The van der Waals surface area contributed by atoms with E-state index < -0.39 is 0 Å². The van der Waals surface area contributed by atoms with Crippen LogP contribution in [0, 0.1) is 29.6 Å². The summed E-state index contributed by atoms with van der Waals surface area (Å²) in [5, 5.41) is 3.80. The molecule has 28 heavy (non-hydrogen) atoms. The van der Waals surface area contributed by atoms with Crippen molar-refractivity contribution in [2.75, 3.05) is 7.05 Å². The quantitative estimate of drug-likeness (QED) is 0.697. The topological polar surface area (TPSA) is 58.4 Å². The largest absolute Gasteiger partial charge is 0.352 e. The van der Waals surface area contributed by atoms with E-state index in [0.717, 1.165) is 25.7 Å². The van der Waals surface area contributed by atoms with Crippen LogP contribution in [0.1, 0.15) is 71.6 Å². The Balaban J connectivity index is 1.49. The Morgan fingerprint density at radius 3 is 2.39 bits per heavy atom. The van der Waals surface area contributed by atoms with Gasteiger partial charge in [0, 0.05) is 29.5 Å². The fourth-order valence-corrected chi connectivity index (χ4v) is 7.20. The van der Waals surface area contributed by atoms with Crippen LogP contribution in [-0.4, -0.2) is 47.4 Å². The molecule has 1 amide bonds. The van der Waals surface area contributed by atoms with E-state index in [1.807, 2.05) is 0 Å². The van der Waals surface area contributed by atoms with Gasteiger partial charge in [-0.3, -0.25) is 9.69 Å². The van der Waals surface area contributed by atoms with Crippen molar-refractivity contribution >= 4 is 17.5 Å². The van der Waals surface area contributed by atoms with Crippen LogP contribution in [0.4, 0.5) is 0 Å². The van der Waals surface area contributed by atoms with Gasteiger partial charge < -0.3 is 11.1 Å². The molecular weight excluding hydrogens is 370 g/mol. The molecule has 4 nitrogen and oxygen atoms in total. The average molecular weight is 410 g/mol. The normalized spacial score (nSPS) is 49.8. The highest BCUT2D eigenvalue weighted by molar-refractivity contribution is 6.20. The summed E-state index contributed by atoms with van der Waals surface area (Å²) in [4.78, 5) is 16.1. The predicted octanol–water partition coefficient (Wildman–Crippen LogP) is 3.76. The zero-order chi connectivity index (χ0) is 20.0. The second kappa shape index (κ2) is 8.43. The zero-order valence-corrected chi connectivity index (χ0v) is 18.7. The average Bonchev–Trinajstić information content (AvgIpc) is 2.89. The minimum absolute atomic E-state index is 0.0953. The lowest BCUT2D eigenvalue weighted by molar-refractivity contribution is -0.134. The number of carbonyl (C=O) groups excluding carboxylic acids is 1. The van der Waals surface area contributed by atoms with Gasteiger partial charge >= 0.3 is 0 Å². The Kier molecular flexibility index (Phi) is 6.30. The summed E-state index contributed by atoms with van der Waals surface area (Å²) in [6.07, 6.45) is 10.3. The molecule has 2 aliphatic carbocycles. The summed E-state index contributed by atoms with van der Waals surface area (Å²) in [7, 11) is 2.24. The number of nitrogens with two attached hydrogens (primary N) is 1. The molecule has 0 spiro atoms. The monoisotopic (exact) mass is 409 g/mol. The first-order chi connectivity index (χ1) is 13.3. The van der Waals surface area contributed by atoms with Gasteiger partial charge in [0.1, 0.15) is 0 Å². The van der Waals surface area contributed by atoms with E-state index in [9.17, 15) is 4.79 Å². The molecular formula is C23H40ClN3O. The SMILES string of the molecule is CC1CC(N)C(NC(=O)C2C3CC[C@H](C[C@@H]2C2CCC(Cl)CC2)N3C)CC1C. The number of amides is 1. The van der Waals surface area contributed by atoms with Gasteiger partial charge in [-0.25, -0.2) is 0 Å². The standard InChI is InChI=1S/C23H40ClN3O/c1-13-10-19(25)20(11-14(13)2)26-23(28)22-18(15-4-6-16(24)7-5-15)12-17-8-9-21(22)27(17)3/h13-22H,4-12,25H2,1-3H3,(H,26,28)/t13?,14?,15?,16?,17-,18-,19?,20?,21?,22?/m1/s1. The predicted molar refractivity (Wildman–Crippen MR) is 115 cm³/mol. The van der Waals surface area contributed by atoms with Gasteiger partial charge in [-0.05, 0) is 88.5 Å². The summed E-state index contributed by atoms with van der Waals surface area (Å²) in [5.74, 6) is 2.89. The van der Waals surface area contributed by atoms with Crippen molar-refractivity contribution < 1.29 is 4.79 Å². The number of nitrogens with one attached hydrogen (secondary N) is 1. The molecule has 2 heterocycles. The number of halogens is 1. The summed E-state index contributed by atoms with van der Waals surface area (Å²) >= 11 is 6.38. The fraction of sp³-hybridized carbons (Fsp3) is 0.957. The highest BCUT2D eigenvalue weighted by Crippen LogP contribution is 2.48.